The highest BCUT2D eigenvalue weighted by molar-refractivity contribution is 7.92. The van der Waals surface area contributed by atoms with Crippen LogP contribution in [0.3, 0.4) is 0 Å². The fourth-order valence-corrected chi connectivity index (χ4v) is 3.62. The molecule has 2 rings (SSSR count). The van der Waals surface area contributed by atoms with E-state index >= 15 is 0 Å². The number of nitrogens with one attached hydrogen (secondary N) is 1. The smallest absolute Gasteiger partial charge is 0.154 e. The van der Waals surface area contributed by atoms with Crippen LogP contribution in [0.15, 0.2) is 24.3 Å². The molecule has 0 saturated heterocycles. The first-order chi connectivity index (χ1) is 9.77. The molecule has 0 fully saturated rings. The maximum atomic E-state index is 12.1. The highest BCUT2D eigenvalue weighted by Crippen LogP contribution is 2.34. The van der Waals surface area contributed by atoms with E-state index in [4.69, 9.17) is 4.74 Å². The van der Waals surface area contributed by atoms with Crippen molar-refractivity contribution in [3.63, 3.8) is 0 Å². The molecule has 1 N–H and O–H groups in total. The Morgan fingerprint density at radius 3 is 2.67 bits per heavy atom. The van der Waals surface area contributed by atoms with Crippen molar-refractivity contribution in [3.8, 4) is 0 Å². The molecule has 4 nitrogen and oxygen atoms in total. The van der Waals surface area contributed by atoms with E-state index in [-0.39, 0.29) is 12.1 Å². The Morgan fingerprint density at radius 2 is 2.05 bits per heavy atom. The number of sulfone groups is 1. The van der Waals surface area contributed by atoms with Crippen LogP contribution in [0.5, 0.6) is 0 Å². The van der Waals surface area contributed by atoms with E-state index in [1.807, 2.05) is 19.2 Å². The Morgan fingerprint density at radius 1 is 1.38 bits per heavy atom. The summed E-state index contributed by atoms with van der Waals surface area (Å²) in [6.45, 7) is 4.24. The molecule has 0 saturated carbocycles. The van der Waals surface area contributed by atoms with Crippen LogP contribution < -0.4 is 5.32 Å². The number of hydrogen-bond acceptors (Lipinski definition) is 4. The molecule has 5 heteroatoms. The lowest BCUT2D eigenvalue weighted by Gasteiger charge is -2.36. The highest BCUT2D eigenvalue weighted by Gasteiger charge is 2.40. The first-order valence-electron chi connectivity index (χ1n) is 7.33. The summed E-state index contributed by atoms with van der Waals surface area (Å²) in [5, 5.41) is 3.17. The third-order valence-electron chi connectivity index (χ3n) is 4.69. The maximum absolute atomic E-state index is 12.1. The lowest BCUT2D eigenvalue weighted by atomic mass is 9.90. The van der Waals surface area contributed by atoms with Gasteiger partial charge in [0.05, 0.1) is 17.5 Å². The van der Waals surface area contributed by atoms with Crippen LogP contribution in [0.25, 0.3) is 0 Å². The van der Waals surface area contributed by atoms with Crippen molar-refractivity contribution in [1.29, 1.82) is 0 Å². The van der Waals surface area contributed by atoms with E-state index in [0.717, 1.165) is 6.42 Å². The fraction of sp³-hybridized carbons (Fsp3) is 0.625. The Bertz CT molecular complexity index is 595. The minimum Gasteiger partial charge on any atom is -0.373 e. The van der Waals surface area contributed by atoms with Gasteiger partial charge in [0.15, 0.2) is 9.84 Å². The summed E-state index contributed by atoms with van der Waals surface area (Å²) < 4.78 is 29.2. The van der Waals surface area contributed by atoms with E-state index < -0.39 is 14.6 Å². The van der Waals surface area contributed by atoms with Gasteiger partial charge >= 0.3 is 0 Å². The largest absolute Gasteiger partial charge is 0.373 e. The highest BCUT2D eigenvalue weighted by atomic mass is 32.2. The molecule has 2 unspecified atom stereocenters. The van der Waals surface area contributed by atoms with E-state index in [1.54, 1.807) is 13.8 Å². The molecule has 2 atom stereocenters. The second kappa shape index (κ2) is 6.07. The summed E-state index contributed by atoms with van der Waals surface area (Å²) in [7, 11) is -1.35. The molecule has 0 aromatic heterocycles. The average molecular weight is 311 g/mol. The molecule has 0 amide bonds. The predicted molar refractivity (Wildman–Crippen MR) is 85.2 cm³/mol. The van der Waals surface area contributed by atoms with Crippen molar-refractivity contribution in [2.24, 2.45) is 0 Å². The topological polar surface area (TPSA) is 55.4 Å². The standard InChI is InChI=1S/C16H25NO3S/c1-16(2,21(4,18)19)15(17-3)11-14-13-8-6-5-7-12(13)9-10-20-14/h5-8,14-15,17H,9-11H2,1-4H3. The molecular formula is C16H25NO3S. The molecule has 1 heterocycles. The van der Waals surface area contributed by atoms with Gasteiger partial charge < -0.3 is 10.1 Å². The number of benzene rings is 1. The molecule has 1 aromatic rings. The van der Waals surface area contributed by atoms with Crippen LogP contribution in [-0.2, 0) is 21.0 Å². The zero-order chi connectivity index (χ0) is 15.7. The van der Waals surface area contributed by atoms with Gasteiger partial charge in [0.2, 0.25) is 0 Å². The van der Waals surface area contributed by atoms with Gasteiger partial charge in [0.25, 0.3) is 0 Å². The number of fused-ring (bicyclic) bond motifs is 1. The monoisotopic (exact) mass is 311 g/mol. The first kappa shape index (κ1) is 16.5. The number of rotatable bonds is 5. The Hall–Kier alpha value is -0.910. The lowest BCUT2D eigenvalue weighted by molar-refractivity contribution is 0.0275. The van der Waals surface area contributed by atoms with Crippen molar-refractivity contribution in [2.45, 2.75) is 43.6 Å². The molecule has 0 aliphatic carbocycles. The SMILES string of the molecule is CNC(CC1OCCc2ccccc21)C(C)(C)S(C)(=O)=O. The summed E-state index contributed by atoms with van der Waals surface area (Å²) in [6, 6.07) is 8.09. The maximum Gasteiger partial charge on any atom is 0.154 e. The van der Waals surface area contributed by atoms with Crippen molar-refractivity contribution < 1.29 is 13.2 Å². The van der Waals surface area contributed by atoms with Gasteiger partial charge in [0, 0.05) is 12.3 Å². The van der Waals surface area contributed by atoms with Crippen molar-refractivity contribution in [2.75, 3.05) is 19.9 Å². The van der Waals surface area contributed by atoms with Gasteiger partial charge in [0.1, 0.15) is 0 Å². The third-order valence-corrected chi connectivity index (χ3v) is 6.88. The average Bonchev–Trinajstić information content (AvgIpc) is 2.43. The van der Waals surface area contributed by atoms with E-state index in [2.05, 4.69) is 17.4 Å². The van der Waals surface area contributed by atoms with Crippen LogP contribution in [0.1, 0.15) is 37.5 Å². The molecule has 0 spiro atoms. The zero-order valence-electron chi connectivity index (χ0n) is 13.2. The van der Waals surface area contributed by atoms with Crippen LogP contribution in [0.2, 0.25) is 0 Å². The Labute approximate surface area is 127 Å². The van der Waals surface area contributed by atoms with E-state index in [1.165, 1.54) is 17.4 Å². The van der Waals surface area contributed by atoms with E-state index in [9.17, 15) is 8.42 Å². The van der Waals surface area contributed by atoms with Gasteiger partial charge in [-0.3, -0.25) is 0 Å². The van der Waals surface area contributed by atoms with Crippen LogP contribution in [0.4, 0.5) is 0 Å². The fourth-order valence-electron chi connectivity index (χ4n) is 2.89. The van der Waals surface area contributed by atoms with Gasteiger partial charge in [-0.25, -0.2) is 8.42 Å². The van der Waals surface area contributed by atoms with Crippen molar-refractivity contribution >= 4 is 9.84 Å². The Balaban J connectivity index is 2.25. The first-order valence-corrected chi connectivity index (χ1v) is 9.22. The minimum absolute atomic E-state index is 0.0478. The second-order valence-corrected chi connectivity index (χ2v) is 8.86. The molecular weight excluding hydrogens is 286 g/mol. The summed E-state index contributed by atoms with van der Waals surface area (Å²) in [5.41, 5.74) is 2.49. The third kappa shape index (κ3) is 3.30. The van der Waals surface area contributed by atoms with Gasteiger partial charge in [-0.15, -0.1) is 0 Å². The molecule has 0 radical (unpaired) electrons. The number of hydrogen-bond donors (Lipinski definition) is 1. The Kier molecular flexibility index (Phi) is 4.76. The van der Waals surface area contributed by atoms with Crippen LogP contribution in [0, 0.1) is 0 Å². The van der Waals surface area contributed by atoms with E-state index in [0.29, 0.717) is 13.0 Å². The summed E-state index contributed by atoms with van der Waals surface area (Å²) in [4.78, 5) is 0. The summed E-state index contributed by atoms with van der Waals surface area (Å²) >= 11 is 0. The van der Waals surface area contributed by atoms with Gasteiger partial charge in [-0.1, -0.05) is 24.3 Å². The normalized spacial score (nSPS) is 20.9. The van der Waals surface area contributed by atoms with Gasteiger partial charge in [-0.2, -0.15) is 0 Å². The van der Waals surface area contributed by atoms with Gasteiger partial charge in [-0.05, 0) is 44.9 Å². The summed E-state index contributed by atoms with van der Waals surface area (Å²) in [6.07, 6.45) is 2.82. The van der Waals surface area contributed by atoms with Crippen molar-refractivity contribution in [3.05, 3.63) is 35.4 Å². The summed E-state index contributed by atoms with van der Waals surface area (Å²) in [5.74, 6) is 0. The molecule has 1 aliphatic heterocycles. The zero-order valence-corrected chi connectivity index (χ0v) is 14.0. The number of ether oxygens (including phenoxy) is 1. The molecule has 118 valence electrons. The predicted octanol–water partition coefficient (Wildman–Crippen LogP) is 2.10. The quantitative estimate of drug-likeness (QED) is 0.905. The lowest BCUT2D eigenvalue weighted by Crippen LogP contribution is -2.51. The minimum atomic E-state index is -3.16. The van der Waals surface area contributed by atoms with Crippen LogP contribution >= 0.6 is 0 Å². The second-order valence-electron chi connectivity index (χ2n) is 6.26. The van der Waals surface area contributed by atoms with Crippen LogP contribution in [-0.4, -0.2) is 39.1 Å². The molecule has 1 aromatic carbocycles. The molecule has 1 aliphatic rings. The molecule has 0 bridgehead atoms. The van der Waals surface area contributed by atoms with Crippen molar-refractivity contribution in [1.82, 2.24) is 5.32 Å². The molecule has 21 heavy (non-hydrogen) atoms.